The van der Waals surface area contributed by atoms with Crippen molar-refractivity contribution in [3.05, 3.63) is 28.5 Å². The van der Waals surface area contributed by atoms with Crippen molar-refractivity contribution in [1.29, 1.82) is 0 Å². The minimum atomic E-state index is -0.212. The van der Waals surface area contributed by atoms with Gasteiger partial charge in [0.15, 0.2) is 0 Å². The summed E-state index contributed by atoms with van der Waals surface area (Å²) in [5.41, 5.74) is 0.911. The molecule has 1 heterocycles. The van der Waals surface area contributed by atoms with Crippen LogP contribution in [0.1, 0.15) is 13.8 Å². The van der Waals surface area contributed by atoms with Crippen molar-refractivity contribution in [1.82, 2.24) is 0 Å². The molecule has 1 saturated heterocycles. The third kappa shape index (κ3) is 2.74. The van der Waals surface area contributed by atoms with Crippen molar-refractivity contribution < 1.29 is 9.13 Å². The van der Waals surface area contributed by atoms with E-state index in [0.29, 0.717) is 0 Å². The average Bonchev–Trinajstić information content (AvgIpc) is 2.14. The number of rotatable bonds is 1. The predicted octanol–water partition coefficient (Wildman–Crippen LogP) is 3.20. The number of halogens is 2. The molecule has 0 N–H and O–H groups in total. The number of morpholine rings is 1. The van der Waals surface area contributed by atoms with E-state index in [1.165, 1.54) is 6.07 Å². The lowest BCUT2D eigenvalue weighted by molar-refractivity contribution is -0.00523. The van der Waals surface area contributed by atoms with Crippen LogP contribution in [0.2, 0.25) is 0 Å². The van der Waals surface area contributed by atoms with Crippen LogP contribution in [0, 0.1) is 5.82 Å². The zero-order chi connectivity index (χ0) is 11.7. The highest BCUT2D eigenvalue weighted by atomic mass is 79.9. The minimum absolute atomic E-state index is 0.186. The summed E-state index contributed by atoms with van der Waals surface area (Å²) in [5.74, 6) is -0.212. The van der Waals surface area contributed by atoms with Gasteiger partial charge < -0.3 is 9.64 Å². The average molecular weight is 288 g/mol. The molecule has 0 aromatic heterocycles. The second kappa shape index (κ2) is 4.72. The molecule has 1 aromatic carbocycles. The molecular weight excluding hydrogens is 273 g/mol. The Hall–Kier alpha value is -0.610. The third-order valence-electron chi connectivity index (χ3n) is 2.63. The topological polar surface area (TPSA) is 12.5 Å². The Morgan fingerprint density at radius 3 is 2.44 bits per heavy atom. The van der Waals surface area contributed by atoms with E-state index < -0.39 is 0 Å². The molecule has 0 radical (unpaired) electrons. The summed E-state index contributed by atoms with van der Waals surface area (Å²) in [5, 5.41) is 0. The molecule has 0 unspecified atom stereocenters. The van der Waals surface area contributed by atoms with E-state index in [0.717, 1.165) is 23.2 Å². The first-order valence-corrected chi connectivity index (χ1v) is 6.20. The first-order valence-electron chi connectivity index (χ1n) is 5.41. The van der Waals surface area contributed by atoms with Crippen molar-refractivity contribution in [2.24, 2.45) is 0 Å². The van der Waals surface area contributed by atoms with Crippen LogP contribution in [-0.2, 0) is 4.74 Å². The molecule has 2 atom stereocenters. The Kier molecular flexibility index (Phi) is 3.50. The Bertz CT molecular complexity index is 355. The van der Waals surface area contributed by atoms with Crippen LogP contribution >= 0.6 is 15.9 Å². The fourth-order valence-corrected chi connectivity index (χ4v) is 2.56. The highest BCUT2D eigenvalue weighted by Crippen LogP contribution is 2.25. The minimum Gasteiger partial charge on any atom is -0.372 e. The lowest BCUT2D eigenvalue weighted by Gasteiger charge is -2.36. The third-order valence-corrected chi connectivity index (χ3v) is 3.09. The lowest BCUT2D eigenvalue weighted by Crippen LogP contribution is -2.45. The molecule has 0 bridgehead atoms. The van der Waals surface area contributed by atoms with Gasteiger partial charge in [-0.15, -0.1) is 0 Å². The summed E-state index contributed by atoms with van der Waals surface area (Å²) >= 11 is 3.31. The van der Waals surface area contributed by atoms with Crippen LogP contribution in [0.5, 0.6) is 0 Å². The Labute approximate surface area is 104 Å². The van der Waals surface area contributed by atoms with Gasteiger partial charge in [0.2, 0.25) is 0 Å². The van der Waals surface area contributed by atoms with Crippen LogP contribution in [0.25, 0.3) is 0 Å². The first-order chi connectivity index (χ1) is 7.54. The zero-order valence-corrected chi connectivity index (χ0v) is 11.0. The predicted molar refractivity (Wildman–Crippen MR) is 66.3 cm³/mol. The molecule has 1 aliphatic heterocycles. The molecule has 88 valence electrons. The van der Waals surface area contributed by atoms with Crippen LogP contribution in [0.15, 0.2) is 22.7 Å². The van der Waals surface area contributed by atoms with Gasteiger partial charge in [0, 0.05) is 23.2 Å². The van der Waals surface area contributed by atoms with Crippen LogP contribution in [-0.4, -0.2) is 25.3 Å². The molecule has 4 heteroatoms. The van der Waals surface area contributed by atoms with E-state index >= 15 is 0 Å². The number of benzene rings is 1. The van der Waals surface area contributed by atoms with E-state index in [2.05, 4.69) is 20.8 Å². The number of ether oxygens (including phenoxy) is 1. The maximum Gasteiger partial charge on any atom is 0.126 e. The van der Waals surface area contributed by atoms with Crippen molar-refractivity contribution in [3.8, 4) is 0 Å². The van der Waals surface area contributed by atoms with Gasteiger partial charge >= 0.3 is 0 Å². The monoisotopic (exact) mass is 287 g/mol. The van der Waals surface area contributed by atoms with Crippen molar-refractivity contribution in [2.45, 2.75) is 26.1 Å². The quantitative estimate of drug-likeness (QED) is 0.787. The van der Waals surface area contributed by atoms with E-state index in [9.17, 15) is 4.39 Å². The lowest BCUT2D eigenvalue weighted by atomic mass is 10.2. The SMILES string of the molecule is C[C@@H]1CN(c2cc(F)cc(Br)c2)C[C@H](C)O1. The maximum atomic E-state index is 13.3. The smallest absolute Gasteiger partial charge is 0.126 e. The number of nitrogens with zero attached hydrogens (tertiary/aromatic N) is 1. The first kappa shape index (κ1) is 11.9. The molecule has 16 heavy (non-hydrogen) atoms. The molecule has 1 aromatic rings. The second-order valence-electron chi connectivity index (χ2n) is 4.29. The molecule has 2 nitrogen and oxygen atoms in total. The van der Waals surface area contributed by atoms with Crippen LogP contribution in [0.3, 0.4) is 0 Å². The van der Waals surface area contributed by atoms with Gasteiger partial charge in [-0.2, -0.15) is 0 Å². The molecule has 0 saturated carbocycles. The van der Waals surface area contributed by atoms with E-state index in [1.54, 1.807) is 6.07 Å². The largest absolute Gasteiger partial charge is 0.372 e. The van der Waals surface area contributed by atoms with Crippen molar-refractivity contribution in [2.75, 3.05) is 18.0 Å². The molecular formula is C12H15BrFNO. The van der Waals surface area contributed by atoms with Crippen LogP contribution in [0.4, 0.5) is 10.1 Å². The summed E-state index contributed by atoms with van der Waals surface area (Å²) < 4.78 is 19.7. The summed E-state index contributed by atoms with van der Waals surface area (Å²) in [6.07, 6.45) is 0.372. The van der Waals surface area contributed by atoms with E-state index in [1.807, 2.05) is 19.9 Å². The Balaban J connectivity index is 2.22. The molecule has 0 aliphatic carbocycles. The maximum absolute atomic E-state index is 13.3. The van der Waals surface area contributed by atoms with Gasteiger partial charge in [-0.05, 0) is 32.0 Å². The second-order valence-corrected chi connectivity index (χ2v) is 5.21. The number of hydrogen-bond acceptors (Lipinski definition) is 2. The van der Waals surface area contributed by atoms with Crippen LogP contribution < -0.4 is 4.90 Å². The van der Waals surface area contributed by atoms with Gasteiger partial charge in [0.05, 0.1) is 12.2 Å². The Morgan fingerprint density at radius 1 is 1.25 bits per heavy atom. The van der Waals surface area contributed by atoms with E-state index in [-0.39, 0.29) is 18.0 Å². The molecule has 0 spiro atoms. The zero-order valence-electron chi connectivity index (χ0n) is 9.41. The van der Waals surface area contributed by atoms with Gasteiger partial charge in [-0.3, -0.25) is 0 Å². The summed E-state index contributed by atoms with van der Waals surface area (Å²) in [6.45, 7) is 5.69. The molecule has 1 aliphatic rings. The Morgan fingerprint density at radius 2 is 1.88 bits per heavy atom. The highest BCUT2D eigenvalue weighted by molar-refractivity contribution is 9.10. The van der Waals surface area contributed by atoms with E-state index in [4.69, 9.17) is 4.74 Å². The summed E-state index contributed by atoms with van der Waals surface area (Å²) in [4.78, 5) is 2.16. The van der Waals surface area contributed by atoms with Gasteiger partial charge in [0.1, 0.15) is 5.82 Å². The fourth-order valence-electron chi connectivity index (χ4n) is 2.11. The standard InChI is InChI=1S/C12H15BrFNO/c1-8-6-15(7-9(2)16-8)12-4-10(13)3-11(14)5-12/h3-5,8-9H,6-7H2,1-2H3/t8-,9+. The van der Waals surface area contributed by atoms with Gasteiger partial charge in [-0.25, -0.2) is 4.39 Å². The summed E-state index contributed by atoms with van der Waals surface area (Å²) in [7, 11) is 0. The number of hydrogen-bond donors (Lipinski definition) is 0. The molecule has 0 amide bonds. The van der Waals surface area contributed by atoms with Crippen molar-refractivity contribution in [3.63, 3.8) is 0 Å². The fraction of sp³-hybridized carbons (Fsp3) is 0.500. The van der Waals surface area contributed by atoms with Gasteiger partial charge in [0.25, 0.3) is 0 Å². The number of anilines is 1. The highest BCUT2D eigenvalue weighted by Gasteiger charge is 2.22. The van der Waals surface area contributed by atoms with Gasteiger partial charge in [-0.1, -0.05) is 15.9 Å². The molecule has 1 fully saturated rings. The van der Waals surface area contributed by atoms with Crippen molar-refractivity contribution >= 4 is 21.6 Å². The molecule has 2 rings (SSSR count). The summed E-state index contributed by atoms with van der Waals surface area (Å²) in [6, 6.07) is 4.97. The normalized spacial score (nSPS) is 25.9.